The number of benzene rings is 1. The average molecular weight is 373 g/mol. The molecule has 0 aliphatic heterocycles. The lowest BCUT2D eigenvalue weighted by molar-refractivity contribution is -0.139. The first-order valence-corrected chi connectivity index (χ1v) is 6.89. The van der Waals surface area contributed by atoms with Crippen LogP contribution in [0.5, 0.6) is 0 Å². The van der Waals surface area contributed by atoms with Crippen LogP contribution in [0.4, 0.5) is 0 Å². The maximum absolute atomic E-state index is 11.4. The molecule has 0 saturated heterocycles. The van der Waals surface area contributed by atoms with E-state index in [1.807, 2.05) is 24.3 Å². The van der Waals surface area contributed by atoms with E-state index in [1.54, 1.807) is 20.8 Å². The Balaban J connectivity index is 2.63. The predicted octanol–water partition coefficient (Wildman–Crippen LogP) is 1.66. The van der Waals surface area contributed by atoms with Gasteiger partial charge in [0.25, 0.3) is 0 Å². The number of hydrazone groups is 1. The number of hydrogen-bond donors (Lipinski definition) is 2. The van der Waals surface area contributed by atoms with Crippen molar-refractivity contribution in [2.45, 2.75) is 26.8 Å². The molecule has 0 atom stereocenters. The van der Waals surface area contributed by atoms with Gasteiger partial charge in [-0.05, 0) is 61.1 Å². The fourth-order valence-electron chi connectivity index (χ4n) is 1.27. The molecule has 19 heavy (non-hydrogen) atoms. The standard InChI is InChI=1S/C13H16IN3O2/c1-8(2)15-12(18)13(19)17-16-9(3)10-4-6-11(14)7-5-10/h4-8H,1-3H3,(H,15,18)(H,17,19)/b16-9-. The first-order valence-electron chi connectivity index (χ1n) is 5.81. The Morgan fingerprint density at radius 3 is 2.26 bits per heavy atom. The van der Waals surface area contributed by atoms with Crippen LogP contribution in [0, 0.1) is 3.57 Å². The molecule has 0 fully saturated rings. The molecule has 102 valence electrons. The summed E-state index contributed by atoms with van der Waals surface area (Å²) in [5, 5.41) is 6.40. The van der Waals surface area contributed by atoms with Crippen LogP contribution in [0.1, 0.15) is 26.3 Å². The van der Waals surface area contributed by atoms with Crippen LogP contribution < -0.4 is 10.7 Å². The van der Waals surface area contributed by atoms with E-state index in [0.717, 1.165) is 9.13 Å². The lowest BCUT2D eigenvalue weighted by Crippen LogP contribution is -2.41. The predicted molar refractivity (Wildman–Crippen MR) is 82.8 cm³/mol. The van der Waals surface area contributed by atoms with Crippen LogP contribution in [0.25, 0.3) is 0 Å². The van der Waals surface area contributed by atoms with Crippen molar-refractivity contribution in [2.24, 2.45) is 5.10 Å². The lowest BCUT2D eigenvalue weighted by Gasteiger charge is -2.07. The second-order valence-corrected chi connectivity index (χ2v) is 5.52. The van der Waals surface area contributed by atoms with E-state index in [0.29, 0.717) is 5.71 Å². The molecule has 2 amide bonds. The third-order valence-corrected chi connectivity index (χ3v) is 2.93. The highest BCUT2D eigenvalue weighted by Gasteiger charge is 2.13. The van der Waals surface area contributed by atoms with Gasteiger partial charge in [-0.1, -0.05) is 12.1 Å². The Bertz CT molecular complexity index is 495. The van der Waals surface area contributed by atoms with Crippen molar-refractivity contribution in [3.8, 4) is 0 Å². The Hall–Kier alpha value is -1.44. The molecule has 1 aromatic rings. The summed E-state index contributed by atoms with van der Waals surface area (Å²) < 4.78 is 1.12. The molecule has 0 bridgehead atoms. The number of halogens is 1. The number of nitrogens with one attached hydrogen (secondary N) is 2. The maximum atomic E-state index is 11.4. The van der Waals surface area contributed by atoms with E-state index in [1.165, 1.54) is 0 Å². The van der Waals surface area contributed by atoms with Gasteiger partial charge in [0.1, 0.15) is 0 Å². The number of amides is 2. The molecule has 5 nitrogen and oxygen atoms in total. The largest absolute Gasteiger partial charge is 0.346 e. The van der Waals surface area contributed by atoms with Gasteiger partial charge >= 0.3 is 11.8 Å². The van der Waals surface area contributed by atoms with E-state index in [2.05, 4.69) is 38.4 Å². The smallest absolute Gasteiger partial charge is 0.329 e. The highest BCUT2D eigenvalue weighted by Crippen LogP contribution is 2.07. The second-order valence-electron chi connectivity index (χ2n) is 4.27. The molecular formula is C13H16IN3O2. The van der Waals surface area contributed by atoms with Gasteiger partial charge in [-0.15, -0.1) is 0 Å². The van der Waals surface area contributed by atoms with Crippen LogP contribution >= 0.6 is 22.6 Å². The van der Waals surface area contributed by atoms with Crippen molar-refractivity contribution in [1.82, 2.24) is 10.7 Å². The molecule has 0 saturated carbocycles. The van der Waals surface area contributed by atoms with Gasteiger partial charge in [0.05, 0.1) is 5.71 Å². The zero-order valence-electron chi connectivity index (χ0n) is 11.0. The van der Waals surface area contributed by atoms with E-state index >= 15 is 0 Å². The number of carbonyl (C=O) groups is 2. The van der Waals surface area contributed by atoms with Gasteiger partial charge in [0, 0.05) is 9.61 Å². The van der Waals surface area contributed by atoms with Crippen LogP contribution in [0.3, 0.4) is 0 Å². The Morgan fingerprint density at radius 2 is 1.74 bits per heavy atom. The normalized spacial score (nSPS) is 11.3. The highest BCUT2D eigenvalue weighted by atomic mass is 127. The van der Waals surface area contributed by atoms with Gasteiger partial charge < -0.3 is 5.32 Å². The molecule has 1 aromatic carbocycles. The summed E-state index contributed by atoms with van der Waals surface area (Å²) in [4.78, 5) is 22.8. The van der Waals surface area contributed by atoms with Crippen molar-refractivity contribution < 1.29 is 9.59 Å². The first-order chi connectivity index (χ1) is 8.90. The van der Waals surface area contributed by atoms with E-state index in [9.17, 15) is 9.59 Å². The number of hydrogen-bond acceptors (Lipinski definition) is 3. The Labute approximate surface area is 126 Å². The molecule has 2 N–H and O–H groups in total. The number of rotatable bonds is 3. The van der Waals surface area contributed by atoms with Gasteiger partial charge in [-0.2, -0.15) is 5.10 Å². The molecule has 0 aliphatic rings. The maximum Gasteiger partial charge on any atom is 0.329 e. The van der Waals surface area contributed by atoms with Gasteiger partial charge in [-0.3, -0.25) is 9.59 Å². The average Bonchev–Trinajstić information content (AvgIpc) is 2.35. The van der Waals surface area contributed by atoms with Gasteiger partial charge in [0.2, 0.25) is 0 Å². The molecule has 0 heterocycles. The zero-order valence-corrected chi connectivity index (χ0v) is 13.2. The third kappa shape index (κ3) is 5.37. The van der Waals surface area contributed by atoms with Crippen LogP contribution in [-0.2, 0) is 9.59 Å². The van der Waals surface area contributed by atoms with Crippen LogP contribution in [-0.4, -0.2) is 23.6 Å². The summed E-state index contributed by atoms with van der Waals surface area (Å²) in [6.45, 7) is 5.33. The van der Waals surface area contributed by atoms with Gasteiger partial charge in [-0.25, -0.2) is 5.43 Å². The Morgan fingerprint density at radius 1 is 1.16 bits per heavy atom. The summed E-state index contributed by atoms with van der Waals surface area (Å²) >= 11 is 2.21. The third-order valence-electron chi connectivity index (χ3n) is 2.21. The zero-order chi connectivity index (χ0) is 14.4. The molecular weight excluding hydrogens is 357 g/mol. The van der Waals surface area contributed by atoms with Crippen molar-refractivity contribution in [2.75, 3.05) is 0 Å². The number of carbonyl (C=O) groups excluding carboxylic acids is 2. The number of nitrogens with zero attached hydrogens (tertiary/aromatic N) is 1. The summed E-state index contributed by atoms with van der Waals surface area (Å²) in [5.41, 5.74) is 3.77. The van der Waals surface area contributed by atoms with E-state index in [4.69, 9.17) is 0 Å². The van der Waals surface area contributed by atoms with Crippen molar-refractivity contribution in [3.05, 3.63) is 33.4 Å². The highest BCUT2D eigenvalue weighted by molar-refractivity contribution is 14.1. The van der Waals surface area contributed by atoms with Gasteiger partial charge in [0.15, 0.2) is 0 Å². The minimum absolute atomic E-state index is 0.0838. The Kier molecular flexibility index (Phi) is 5.94. The van der Waals surface area contributed by atoms with Crippen molar-refractivity contribution in [1.29, 1.82) is 0 Å². The van der Waals surface area contributed by atoms with E-state index in [-0.39, 0.29) is 6.04 Å². The van der Waals surface area contributed by atoms with Crippen LogP contribution in [0.2, 0.25) is 0 Å². The minimum Gasteiger partial charge on any atom is -0.346 e. The van der Waals surface area contributed by atoms with Crippen molar-refractivity contribution in [3.63, 3.8) is 0 Å². The molecule has 0 unspecified atom stereocenters. The monoisotopic (exact) mass is 373 g/mol. The second kappa shape index (κ2) is 7.22. The SMILES string of the molecule is C/C(=N/NC(=O)C(=O)NC(C)C)c1ccc(I)cc1. The van der Waals surface area contributed by atoms with Crippen molar-refractivity contribution >= 4 is 40.1 Å². The molecule has 0 radical (unpaired) electrons. The quantitative estimate of drug-likeness (QED) is 0.366. The minimum atomic E-state index is -0.765. The summed E-state index contributed by atoms with van der Waals surface area (Å²) in [5.74, 6) is -1.45. The lowest BCUT2D eigenvalue weighted by atomic mass is 10.1. The summed E-state index contributed by atoms with van der Waals surface area (Å²) in [6.07, 6.45) is 0. The first kappa shape index (κ1) is 15.6. The molecule has 0 spiro atoms. The molecule has 6 heteroatoms. The van der Waals surface area contributed by atoms with E-state index < -0.39 is 11.8 Å². The fraction of sp³-hybridized carbons (Fsp3) is 0.308. The fourth-order valence-corrected chi connectivity index (χ4v) is 1.63. The molecule has 0 aromatic heterocycles. The van der Waals surface area contributed by atoms with Crippen LogP contribution in [0.15, 0.2) is 29.4 Å². The molecule has 0 aliphatic carbocycles. The summed E-state index contributed by atoms with van der Waals surface area (Å²) in [7, 11) is 0. The summed E-state index contributed by atoms with van der Waals surface area (Å²) in [6, 6.07) is 7.62. The molecule has 1 rings (SSSR count). The topological polar surface area (TPSA) is 70.6 Å².